The van der Waals surface area contributed by atoms with Gasteiger partial charge < -0.3 is 0 Å². The Kier molecular flexibility index (Phi) is 5.59. The molecule has 1 aromatic heterocycles. The second-order valence-electron chi connectivity index (χ2n) is 5.55. The van der Waals surface area contributed by atoms with Crippen LogP contribution in [0.4, 0.5) is 5.69 Å². The quantitative estimate of drug-likeness (QED) is 0.307. The van der Waals surface area contributed by atoms with Crippen molar-refractivity contribution in [3.8, 4) is 0 Å². The average Bonchev–Trinajstić information content (AvgIpc) is 2.74. The van der Waals surface area contributed by atoms with E-state index in [-0.39, 0.29) is 11.5 Å². The van der Waals surface area contributed by atoms with Gasteiger partial charge in [0.15, 0.2) is 5.78 Å². The maximum atomic E-state index is 12.0. The third kappa shape index (κ3) is 4.58. The van der Waals surface area contributed by atoms with Crippen LogP contribution in [0.25, 0.3) is 11.0 Å². The topological polar surface area (TPSA) is 86.0 Å². The van der Waals surface area contributed by atoms with E-state index in [1.54, 1.807) is 42.7 Å². The molecule has 0 amide bonds. The van der Waals surface area contributed by atoms with Crippen molar-refractivity contribution in [3.05, 3.63) is 112 Å². The van der Waals surface area contributed by atoms with Gasteiger partial charge in [-0.3, -0.25) is 24.9 Å². The maximum absolute atomic E-state index is 12.0. The maximum Gasteiger partial charge on any atom is 0.270 e. The molecule has 0 aliphatic rings. The largest absolute Gasteiger partial charge is 0.289 e. The van der Waals surface area contributed by atoms with Crippen molar-refractivity contribution >= 4 is 22.5 Å². The van der Waals surface area contributed by atoms with Crippen molar-refractivity contribution in [2.24, 2.45) is 0 Å². The van der Waals surface area contributed by atoms with E-state index in [0.29, 0.717) is 11.1 Å². The predicted molar refractivity (Wildman–Crippen MR) is 103 cm³/mol. The lowest BCUT2D eigenvalue weighted by Crippen LogP contribution is -2.01. The molecule has 4 rings (SSSR count). The van der Waals surface area contributed by atoms with Crippen LogP contribution in [-0.4, -0.2) is 20.7 Å². The summed E-state index contributed by atoms with van der Waals surface area (Å²) >= 11 is 0. The molecule has 0 saturated heterocycles. The van der Waals surface area contributed by atoms with Crippen LogP contribution in [0.1, 0.15) is 15.9 Å². The summed E-state index contributed by atoms with van der Waals surface area (Å²) in [6.45, 7) is 0. The molecule has 6 heteroatoms. The standard InChI is InChI=1S/C13H9NO3.C8H6N2/c15-13(10-5-2-1-3-6-10)11-7-4-8-12(9-11)14(16)17;1-2-4-8-7(3-1)9-5-6-10-8/h1-9H;1-6H. The van der Waals surface area contributed by atoms with Crippen molar-refractivity contribution in [3.63, 3.8) is 0 Å². The zero-order valence-corrected chi connectivity index (χ0v) is 14.2. The fraction of sp³-hybridized carbons (Fsp3) is 0. The number of benzene rings is 3. The first-order valence-electron chi connectivity index (χ1n) is 8.15. The van der Waals surface area contributed by atoms with Crippen LogP contribution in [0.15, 0.2) is 91.3 Å². The van der Waals surface area contributed by atoms with Gasteiger partial charge >= 0.3 is 0 Å². The fourth-order valence-electron chi connectivity index (χ4n) is 2.43. The zero-order chi connectivity index (χ0) is 19.1. The summed E-state index contributed by atoms with van der Waals surface area (Å²) in [4.78, 5) is 30.3. The van der Waals surface area contributed by atoms with Crippen molar-refractivity contribution < 1.29 is 9.72 Å². The summed E-state index contributed by atoms with van der Waals surface area (Å²) in [5, 5.41) is 10.6. The highest BCUT2D eigenvalue weighted by Crippen LogP contribution is 2.16. The highest BCUT2D eigenvalue weighted by molar-refractivity contribution is 6.09. The number of fused-ring (bicyclic) bond motifs is 1. The Morgan fingerprint density at radius 2 is 1.30 bits per heavy atom. The molecule has 4 aromatic rings. The number of nitro groups is 1. The molecule has 0 saturated carbocycles. The van der Waals surface area contributed by atoms with Gasteiger partial charge in [0.1, 0.15) is 0 Å². The molecule has 0 bridgehead atoms. The van der Waals surface area contributed by atoms with E-state index in [0.717, 1.165) is 11.0 Å². The molecule has 0 radical (unpaired) electrons. The highest BCUT2D eigenvalue weighted by atomic mass is 16.6. The van der Waals surface area contributed by atoms with Gasteiger partial charge in [-0.15, -0.1) is 0 Å². The van der Waals surface area contributed by atoms with Crippen LogP contribution in [-0.2, 0) is 0 Å². The summed E-state index contributed by atoms with van der Waals surface area (Å²) in [7, 11) is 0. The lowest BCUT2D eigenvalue weighted by atomic mass is 10.0. The molecule has 132 valence electrons. The monoisotopic (exact) mass is 357 g/mol. The number of rotatable bonds is 3. The number of ketones is 1. The van der Waals surface area contributed by atoms with Crippen LogP contribution in [0.5, 0.6) is 0 Å². The number of non-ortho nitro benzene ring substituents is 1. The number of nitro benzene ring substituents is 1. The smallest absolute Gasteiger partial charge is 0.270 e. The summed E-state index contributed by atoms with van der Waals surface area (Å²) in [5.41, 5.74) is 2.67. The molecular weight excluding hydrogens is 342 g/mol. The molecule has 0 atom stereocenters. The number of carbonyl (C=O) groups excluding carboxylic acids is 1. The number of hydrogen-bond acceptors (Lipinski definition) is 5. The van der Waals surface area contributed by atoms with Crippen molar-refractivity contribution in [2.75, 3.05) is 0 Å². The van der Waals surface area contributed by atoms with E-state index in [1.807, 2.05) is 30.3 Å². The van der Waals surface area contributed by atoms with Crippen molar-refractivity contribution in [2.45, 2.75) is 0 Å². The zero-order valence-electron chi connectivity index (χ0n) is 14.2. The third-order valence-corrected chi connectivity index (χ3v) is 3.73. The number of aromatic nitrogens is 2. The van der Waals surface area contributed by atoms with Crippen LogP contribution < -0.4 is 0 Å². The minimum Gasteiger partial charge on any atom is -0.289 e. The van der Waals surface area contributed by atoms with Gasteiger partial charge in [0, 0.05) is 35.7 Å². The van der Waals surface area contributed by atoms with Crippen LogP contribution in [0, 0.1) is 10.1 Å². The normalized spacial score (nSPS) is 9.93. The number of carbonyl (C=O) groups is 1. The summed E-state index contributed by atoms with van der Waals surface area (Å²) < 4.78 is 0. The first-order valence-corrected chi connectivity index (χ1v) is 8.15. The van der Waals surface area contributed by atoms with Crippen molar-refractivity contribution in [1.82, 2.24) is 9.97 Å². The minimum absolute atomic E-state index is 0.0771. The molecule has 6 nitrogen and oxygen atoms in total. The third-order valence-electron chi connectivity index (χ3n) is 3.73. The van der Waals surface area contributed by atoms with Crippen LogP contribution >= 0.6 is 0 Å². The summed E-state index contributed by atoms with van der Waals surface area (Å²) in [6, 6.07) is 22.2. The molecule has 0 fully saturated rings. The molecule has 0 aliphatic carbocycles. The van der Waals surface area contributed by atoms with Crippen LogP contribution in [0.2, 0.25) is 0 Å². The average molecular weight is 357 g/mol. The molecule has 27 heavy (non-hydrogen) atoms. The molecular formula is C21H15N3O3. The lowest BCUT2D eigenvalue weighted by molar-refractivity contribution is -0.384. The Bertz CT molecular complexity index is 1020. The Morgan fingerprint density at radius 1 is 0.741 bits per heavy atom. The van der Waals surface area contributed by atoms with Gasteiger partial charge in [-0.1, -0.05) is 54.6 Å². The van der Waals surface area contributed by atoms with Gasteiger partial charge in [-0.2, -0.15) is 0 Å². The van der Waals surface area contributed by atoms with E-state index in [9.17, 15) is 14.9 Å². The van der Waals surface area contributed by atoms with Gasteiger partial charge in [-0.05, 0) is 12.1 Å². The van der Waals surface area contributed by atoms with Gasteiger partial charge in [0.25, 0.3) is 5.69 Å². The SMILES string of the molecule is O=C(c1ccccc1)c1cccc([N+](=O)[O-])c1.c1ccc2nccnc2c1. The van der Waals surface area contributed by atoms with E-state index >= 15 is 0 Å². The van der Waals surface area contributed by atoms with E-state index in [1.165, 1.54) is 18.2 Å². The Hall–Kier alpha value is -3.93. The first-order chi connectivity index (χ1) is 13.1. The van der Waals surface area contributed by atoms with Gasteiger partial charge in [-0.25, -0.2) is 0 Å². The minimum atomic E-state index is -0.512. The molecule has 0 unspecified atom stereocenters. The number of para-hydroxylation sites is 2. The first kappa shape index (κ1) is 17.9. The van der Waals surface area contributed by atoms with Gasteiger partial charge in [0.05, 0.1) is 16.0 Å². The lowest BCUT2D eigenvalue weighted by Gasteiger charge is -2.00. The van der Waals surface area contributed by atoms with Gasteiger partial charge in [0.2, 0.25) is 0 Å². The number of nitrogens with zero attached hydrogens (tertiary/aromatic N) is 3. The Morgan fingerprint density at radius 3 is 1.89 bits per heavy atom. The molecule has 1 heterocycles. The highest BCUT2D eigenvalue weighted by Gasteiger charge is 2.12. The van der Waals surface area contributed by atoms with E-state index in [4.69, 9.17) is 0 Å². The molecule has 0 N–H and O–H groups in total. The summed E-state index contributed by atoms with van der Waals surface area (Å²) in [6.07, 6.45) is 3.39. The summed E-state index contributed by atoms with van der Waals surface area (Å²) in [5.74, 6) is -0.214. The molecule has 0 spiro atoms. The van der Waals surface area contributed by atoms with E-state index < -0.39 is 4.92 Å². The second kappa shape index (κ2) is 8.44. The van der Waals surface area contributed by atoms with E-state index in [2.05, 4.69) is 9.97 Å². The number of hydrogen-bond donors (Lipinski definition) is 0. The second-order valence-corrected chi connectivity index (χ2v) is 5.55. The van der Waals surface area contributed by atoms with Crippen molar-refractivity contribution in [1.29, 1.82) is 0 Å². The molecule has 0 aliphatic heterocycles. The predicted octanol–water partition coefficient (Wildman–Crippen LogP) is 4.46. The Labute approximate surface area is 155 Å². The Balaban J connectivity index is 0.000000177. The van der Waals surface area contributed by atoms with Crippen LogP contribution in [0.3, 0.4) is 0 Å². The molecule has 3 aromatic carbocycles. The fourth-order valence-corrected chi connectivity index (χ4v) is 2.43.